The predicted octanol–water partition coefficient (Wildman–Crippen LogP) is 11.8. The van der Waals surface area contributed by atoms with Crippen molar-refractivity contribution in [3.63, 3.8) is 0 Å². The van der Waals surface area contributed by atoms with Crippen LogP contribution in [0.15, 0.2) is 170 Å². The molecule has 2 N–H and O–H groups in total. The minimum Gasteiger partial charge on any atom is -0.367 e. The molecule has 6 aromatic carbocycles. The zero-order valence-electron chi connectivity index (χ0n) is 27.2. The van der Waals surface area contributed by atoms with Crippen LogP contribution in [0.2, 0.25) is 0 Å². The molecule has 236 valence electrons. The Morgan fingerprint density at radius 3 is 1.32 bits per heavy atom. The summed E-state index contributed by atoms with van der Waals surface area (Å²) in [6.07, 6.45) is 6.36. The number of aromatic nitrogens is 2. The maximum atomic E-state index is 3.53. The highest BCUT2D eigenvalue weighted by atomic mass is 15.2. The lowest BCUT2D eigenvalue weighted by molar-refractivity contribution is 0.779. The van der Waals surface area contributed by atoms with Gasteiger partial charge in [0.1, 0.15) is 6.04 Å². The molecule has 2 atom stereocenters. The van der Waals surface area contributed by atoms with E-state index in [2.05, 4.69) is 190 Å². The van der Waals surface area contributed by atoms with Crippen LogP contribution in [-0.4, -0.2) is 9.97 Å². The van der Waals surface area contributed by atoms with Crippen LogP contribution >= 0.6 is 0 Å². The van der Waals surface area contributed by atoms with Gasteiger partial charge in [-0.05, 0) is 52.6 Å². The van der Waals surface area contributed by atoms with Crippen LogP contribution in [0.3, 0.4) is 0 Å². The summed E-state index contributed by atoms with van der Waals surface area (Å²) in [5.74, 6) is 0. The number of fused-ring (bicyclic) bond motifs is 22. The minimum absolute atomic E-state index is 0.186. The van der Waals surface area contributed by atoms with Crippen molar-refractivity contribution < 1.29 is 0 Å². The van der Waals surface area contributed by atoms with E-state index in [0.717, 1.165) is 0 Å². The summed E-state index contributed by atoms with van der Waals surface area (Å²) in [6, 6.07) is 55.1. The average Bonchev–Trinajstić information content (AvgIpc) is 3.89. The van der Waals surface area contributed by atoms with Crippen molar-refractivity contribution in [1.29, 1.82) is 0 Å². The van der Waals surface area contributed by atoms with E-state index < -0.39 is 0 Å². The van der Waals surface area contributed by atoms with Crippen LogP contribution in [-0.2, 0) is 0 Å². The zero-order chi connectivity index (χ0) is 32.8. The molecule has 12 rings (SSSR count). The van der Waals surface area contributed by atoms with Crippen molar-refractivity contribution in [1.82, 2.24) is 9.97 Å². The number of rotatable bonds is 0. The molecule has 0 bridgehead atoms. The van der Waals surface area contributed by atoms with Crippen molar-refractivity contribution in [3.8, 4) is 44.5 Å². The van der Waals surface area contributed by atoms with Crippen molar-refractivity contribution in [2.45, 2.75) is 12.1 Å². The number of anilines is 4. The summed E-state index contributed by atoms with van der Waals surface area (Å²) >= 11 is 0. The maximum Gasteiger partial charge on any atom is 0.101 e. The fourth-order valence-corrected chi connectivity index (χ4v) is 8.97. The Kier molecular flexibility index (Phi) is 5.75. The first-order chi connectivity index (χ1) is 24.9. The molecule has 0 fully saturated rings. The van der Waals surface area contributed by atoms with Gasteiger partial charge in [-0.25, -0.2) is 0 Å². The SMILES string of the molecule is c1ccc2c(c1)-c1ccccc1N1c3ccccc3-c3c[nH]cc3C21.c1ccc2c(c1)-c1ccccc1N1c3ccccc3-c3cc[nH]c3C21. The Labute approximate surface area is 290 Å². The second-order valence-electron chi connectivity index (χ2n) is 13.4. The Balaban J connectivity index is 0.000000120. The lowest BCUT2D eigenvalue weighted by atomic mass is 9.80. The summed E-state index contributed by atoms with van der Waals surface area (Å²) in [5.41, 5.74) is 21.0. The minimum atomic E-state index is 0.186. The molecule has 0 saturated carbocycles. The van der Waals surface area contributed by atoms with Gasteiger partial charge >= 0.3 is 0 Å². The highest BCUT2D eigenvalue weighted by Gasteiger charge is 2.40. The first kappa shape index (κ1) is 27.4. The van der Waals surface area contributed by atoms with Crippen molar-refractivity contribution in [2.75, 3.05) is 9.80 Å². The van der Waals surface area contributed by atoms with Gasteiger partial charge in [-0.2, -0.15) is 0 Å². The fourth-order valence-electron chi connectivity index (χ4n) is 8.97. The molecule has 2 unspecified atom stereocenters. The van der Waals surface area contributed by atoms with Gasteiger partial charge in [0.05, 0.1) is 17.4 Å². The first-order valence-electron chi connectivity index (χ1n) is 17.3. The van der Waals surface area contributed by atoms with Crippen LogP contribution < -0.4 is 9.80 Å². The van der Waals surface area contributed by atoms with E-state index in [-0.39, 0.29) is 12.1 Å². The molecule has 4 heteroatoms. The lowest BCUT2D eigenvalue weighted by Crippen LogP contribution is -2.32. The monoisotopic (exact) mass is 640 g/mol. The molecule has 0 aliphatic carbocycles. The van der Waals surface area contributed by atoms with E-state index in [1.54, 1.807) is 0 Å². The highest BCUT2D eigenvalue weighted by molar-refractivity contribution is 5.98. The fraction of sp³-hybridized carbons (Fsp3) is 0.0435. The molecule has 0 radical (unpaired) electrons. The van der Waals surface area contributed by atoms with E-state index in [4.69, 9.17) is 0 Å². The van der Waals surface area contributed by atoms with Gasteiger partial charge < -0.3 is 19.8 Å². The molecule has 0 spiro atoms. The van der Waals surface area contributed by atoms with Crippen LogP contribution in [0.5, 0.6) is 0 Å². The quantitative estimate of drug-likeness (QED) is 0.173. The molecule has 2 aromatic heterocycles. The molecule has 4 aliphatic heterocycles. The lowest BCUT2D eigenvalue weighted by Gasteiger charge is -2.44. The van der Waals surface area contributed by atoms with Gasteiger partial charge in [0, 0.05) is 74.6 Å². The molecule has 6 heterocycles. The van der Waals surface area contributed by atoms with Gasteiger partial charge in [0.2, 0.25) is 0 Å². The number of benzene rings is 6. The van der Waals surface area contributed by atoms with Crippen molar-refractivity contribution in [2.24, 2.45) is 0 Å². The highest BCUT2D eigenvalue weighted by Crippen LogP contribution is 2.58. The van der Waals surface area contributed by atoms with Crippen molar-refractivity contribution in [3.05, 3.63) is 193 Å². The average molecular weight is 641 g/mol. The number of nitrogens with one attached hydrogen (secondary N) is 2. The van der Waals surface area contributed by atoms with Gasteiger partial charge in [0.15, 0.2) is 0 Å². The number of hydrogen-bond acceptors (Lipinski definition) is 2. The van der Waals surface area contributed by atoms with E-state index >= 15 is 0 Å². The number of aromatic amines is 2. The Hall–Kier alpha value is -6.52. The van der Waals surface area contributed by atoms with Gasteiger partial charge in [0.25, 0.3) is 0 Å². The van der Waals surface area contributed by atoms with Crippen LogP contribution in [0, 0.1) is 0 Å². The third-order valence-electron chi connectivity index (χ3n) is 11.0. The third-order valence-corrected chi connectivity index (χ3v) is 11.0. The number of H-pyrrole nitrogens is 2. The summed E-state index contributed by atoms with van der Waals surface area (Å²) < 4.78 is 0. The summed E-state index contributed by atoms with van der Waals surface area (Å²) in [5, 5.41) is 0. The second kappa shape index (κ2) is 10.5. The standard InChI is InChI=1S/2C23H16N2/c1-2-10-18-15(7-1)16-8-3-5-11-21(16)25-22-12-6-4-9-17(22)19-13-24-14-20(19)23(18)25;1-2-10-19-15(7-1)16-8-3-5-11-20(16)25-21-12-6-4-9-17(21)18-13-14-24-22(18)23(19)25/h2*1-14,23-24H. The summed E-state index contributed by atoms with van der Waals surface area (Å²) in [4.78, 5) is 11.9. The molecule has 4 aliphatic rings. The van der Waals surface area contributed by atoms with Crippen LogP contribution in [0.4, 0.5) is 22.7 Å². The van der Waals surface area contributed by atoms with Crippen LogP contribution in [0.1, 0.15) is 34.5 Å². The van der Waals surface area contributed by atoms with Gasteiger partial charge in [-0.15, -0.1) is 0 Å². The Bertz CT molecular complexity index is 2430. The first-order valence-corrected chi connectivity index (χ1v) is 17.3. The zero-order valence-corrected chi connectivity index (χ0v) is 27.2. The molecule has 0 saturated heterocycles. The number of hydrogen-bond donors (Lipinski definition) is 2. The molecule has 4 nitrogen and oxygen atoms in total. The topological polar surface area (TPSA) is 38.1 Å². The van der Waals surface area contributed by atoms with E-state index in [1.807, 2.05) is 0 Å². The predicted molar refractivity (Wildman–Crippen MR) is 204 cm³/mol. The smallest absolute Gasteiger partial charge is 0.101 e. The second-order valence-corrected chi connectivity index (χ2v) is 13.4. The largest absolute Gasteiger partial charge is 0.367 e. The molecule has 8 aromatic rings. The number of para-hydroxylation sites is 4. The third kappa shape index (κ3) is 3.70. The van der Waals surface area contributed by atoms with Gasteiger partial charge in [-0.1, -0.05) is 121 Å². The Morgan fingerprint density at radius 2 is 0.760 bits per heavy atom. The maximum absolute atomic E-state index is 3.53. The van der Waals surface area contributed by atoms with E-state index in [9.17, 15) is 0 Å². The van der Waals surface area contributed by atoms with Crippen LogP contribution in [0.25, 0.3) is 44.5 Å². The molecule has 0 amide bonds. The normalized spacial score (nSPS) is 16.3. The van der Waals surface area contributed by atoms with E-state index in [0.29, 0.717) is 0 Å². The van der Waals surface area contributed by atoms with Gasteiger partial charge in [-0.3, -0.25) is 0 Å². The molecule has 50 heavy (non-hydrogen) atoms. The number of nitrogens with zero attached hydrogens (tertiary/aromatic N) is 2. The Morgan fingerprint density at radius 1 is 0.340 bits per heavy atom. The van der Waals surface area contributed by atoms with E-state index in [1.165, 1.54) is 89.6 Å². The summed E-state index contributed by atoms with van der Waals surface area (Å²) in [6.45, 7) is 0. The van der Waals surface area contributed by atoms with Crippen molar-refractivity contribution >= 4 is 22.7 Å². The summed E-state index contributed by atoms with van der Waals surface area (Å²) in [7, 11) is 0. The molecular formula is C46H32N4. The molecular weight excluding hydrogens is 609 g/mol.